The van der Waals surface area contributed by atoms with Crippen LogP contribution in [0.3, 0.4) is 0 Å². The lowest BCUT2D eigenvalue weighted by molar-refractivity contribution is 0.105. The van der Waals surface area contributed by atoms with Gasteiger partial charge in [0, 0.05) is 12.6 Å². The fourth-order valence-electron chi connectivity index (χ4n) is 1.94. The van der Waals surface area contributed by atoms with Gasteiger partial charge in [-0.3, -0.25) is 4.90 Å². The first-order valence-electron chi connectivity index (χ1n) is 5.12. The summed E-state index contributed by atoms with van der Waals surface area (Å²) in [5, 5.41) is 9.27. The molecule has 0 spiro atoms. The first-order valence-corrected chi connectivity index (χ1v) is 5.12. The number of aliphatic hydroxyl groups is 1. The molecule has 2 unspecified atom stereocenters. The predicted molar refractivity (Wildman–Crippen MR) is 58.4 cm³/mol. The van der Waals surface area contributed by atoms with Crippen molar-refractivity contribution >= 4 is 12.4 Å². The normalized spacial score (nSPS) is 27.5. The molecule has 0 aromatic heterocycles. The Bertz CT molecular complexity index is 130. The molecule has 0 radical (unpaired) electrons. The summed E-state index contributed by atoms with van der Waals surface area (Å²) in [5.41, 5.74) is 0. The zero-order chi connectivity index (χ0) is 8.97. The van der Waals surface area contributed by atoms with Gasteiger partial charge in [-0.25, -0.2) is 0 Å². The minimum absolute atomic E-state index is 0. The summed E-state index contributed by atoms with van der Waals surface area (Å²) in [5.74, 6) is 0. The third-order valence-corrected chi connectivity index (χ3v) is 2.69. The Kier molecular flexibility index (Phi) is 6.74. The van der Waals surface area contributed by atoms with E-state index >= 15 is 0 Å². The summed E-state index contributed by atoms with van der Waals surface area (Å²) in [6, 6.07) is 0.669. The topological polar surface area (TPSA) is 23.5 Å². The molecule has 1 saturated heterocycles. The van der Waals surface area contributed by atoms with Crippen molar-refractivity contribution in [2.24, 2.45) is 0 Å². The number of likely N-dealkylation sites (tertiary alicyclic amines) is 1. The van der Waals surface area contributed by atoms with Crippen LogP contribution in [0.5, 0.6) is 0 Å². The molecule has 1 fully saturated rings. The molecular weight excluding hydrogens is 186 g/mol. The molecule has 0 bridgehead atoms. The molecule has 0 amide bonds. The number of β-amino-alcohol motifs (C(OH)–C–C–N with tert-alkyl or cyclic N) is 1. The van der Waals surface area contributed by atoms with Gasteiger partial charge in [0.25, 0.3) is 0 Å². The van der Waals surface area contributed by atoms with Crippen molar-refractivity contribution < 1.29 is 5.11 Å². The highest BCUT2D eigenvalue weighted by molar-refractivity contribution is 5.85. The number of hydrogen-bond donors (Lipinski definition) is 1. The molecule has 80 valence electrons. The van der Waals surface area contributed by atoms with Gasteiger partial charge in [0.2, 0.25) is 0 Å². The standard InChI is InChI=1S/C10H21NO.ClH/c1-9-6-4-3-5-7-11(9)8-10(2)12;/h9-10,12H,3-8H2,1-2H3;1H. The lowest BCUT2D eigenvalue weighted by Crippen LogP contribution is -2.37. The molecule has 1 aliphatic heterocycles. The Hall–Kier alpha value is 0.210. The Morgan fingerprint density at radius 1 is 1.38 bits per heavy atom. The van der Waals surface area contributed by atoms with Gasteiger partial charge in [-0.1, -0.05) is 12.8 Å². The van der Waals surface area contributed by atoms with Crippen molar-refractivity contribution in [2.45, 2.75) is 51.7 Å². The van der Waals surface area contributed by atoms with Crippen LogP contribution in [0.4, 0.5) is 0 Å². The van der Waals surface area contributed by atoms with Gasteiger partial charge in [-0.15, -0.1) is 12.4 Å². The van der Waals surface area contributed by atoms with E-state index in [0.29, 0.717) is 6.04 Å². The van der Waals surface area contributed by atoms with E-state index < -0.39 is 0 Å². The Balaban J connectivity index is 0.00000144. The third-order valence-electron chi connectivity index (χ3n) is 2.69. The summed E-state index contributed by atoms with van der Waals surface area (Å²) in [7, 11) is 0. The van der Waals surface area contributed by atoms with E-state index in [-0.39, 0.29) is 18.5 Å². The molecule has 13 heavy (non-hydrogen) atoms. The number of rotatable bonds is 2. The van der Waals surface area contributed by atoms with Gasteiger partial charge in [0.15, 0.2) is 0 Å². The van der Waals surface area contributed by atoms with E-state index in [1.165, 1.54) is 32.2 Å². The SMILES string of the molecule is CC(O)CN1CCCCCC1C.Cl. The summed E-state index contributed by atoms with van der Waals surface area (Å²) in [4.78, 5) is 2.41. The first-order chi connectivity index (χ1) is 5.70. The molecule has 0 aliphatic carbocycles. The lowest BCUT2D eigenvalue weighted by atomic mass is 10.1. The molecule has 0 aromatic rings. The molecule has 2 atom stereocenters. The summed E-state index contributed by atoms with van der Waals surface area (Å²) in [6.07, 6.45) is 5.15. The molecule has 1 aliphatic rings. The Morgan fingerprint density at radius 3 is 2.69 bits per heavy atom. The minimum Gasteiger partial charge on any atom is -0.392 e. The molecule has 1 N–H and O–H groups in total. The average molecular weight is 208 g/mol. The number of aliphatic hydroxyl groups excluding tert-OH is 1. The van der Waals surface area contributed by atoms with Crippen molar-refractivity contribution in [2.75, 3.05) is 13.1 Å². The third kappa shape index (κ3) is 4.84. The Morgan fingerprint density at radius 2 is 2.08 bits per heavy atom. The van der Waals surface area contributed by atoms with Crippen molar-refractivity contribution in [3.63, 3.8) is 0 Å². The smallest absolute Gasteiger partial charge is 0.0639 e. The maximum absolute atomic E-state index is 9.27. The summed E-state index contributed by atoms with van der Waals surface area (Å²) >= 11 is 0. The second-order valence-corrected chi connectivity index (χ2v) is 4.04. The van der Waals surface area contributed by atoms with Gasteiger partial charge in [0.05, 0.1) is 6.10 Å². The van der Waals surface area contributed by atoms with Gasteiger partial charge < -0.3 is 5.11 Å². The van der Waals surface area contributed by atoms with Crippen LogP contribution < -0.4 is 0 Å². The molecule has 1 heterocycles. The summed E-state index contributed by atoms with van der Waals surface area (Å²) in [6.45, 7) is 6.17. The lowest BCUT2D eigenvalue weighted by Gasteiger charge is -2.27. The Labute approximate surface area is 87.7 Å². The number of halogens is 1. The fourth-order valence-corrected chi connectivity index (χ4v) is 1.94. The van der Waals surface area contributed by atoms with Gasteiger partial charge in [0.1, 0.15) is 0 Å². The molecule has 2 nitrogen and oxygen atoms in total. The van der Waals surface area contributed by atoms with E-state index in [0.717, 1.165) is 6.54 Å². The van der Waals surface area contributed by atoms with Gasteiger partial charge in [-0.05, 0) is 33.2 Å². The maximum Gasteiger partial charge on any atom is 0.0639 e. The molecule has 0 saturated carbocycles. The van der Waals surface area contributed by atoms with Crippen molar-refractivity contribution in [1.82, 2.24) is 4.90 Å². The maximum atomic E-state index is 9.27. The quantitative estimate of drug-likeness (QED) is 0.750. The van der Waals surface area contributed by atoms with Crippen LogP contribution in [0.15, 0.2) is 0 Å². The van der Waals surface area contributed by atoms with Crippen molar-refractivity contribution in [3.8, 4) is 0 Å². The van der Waals surface area contributed by atoms with E-state index in [1.54, 1.807) is 0 Å². The highest BCUT2D eigenvalue weighted by atomic mass is 35.5. The number of nitrogens with zero attached hydrogens (tertiary/aromatic N) is 1. The zero-order valence-electron chi connectivity index (χ0n) is 8.70. The minimum atomic E-state index is -0.175. The number of hydrogen-bond acceptors (Lipinski definition) is 2. The van der Waals surface area contributed by atoms with Gasteiger partial charge >= 0.3 is 0 Å². The van der Waals surface area contributed by atoms with E-state index in [2.05, 4.69) is 11.8 Å². The van der Waals surface area contributed by atoms with E-state index in [1.807, 2.05) is 6.92 Å². The highest BCUT2D eigenvalue weighted by Crippen LogP contribution is 2.16. The average Bonchev–Trinajstić information content (AvgIpc) is 2.16. The molecule has 1 rings (SSSR count). The second kappa shape index (κ2) is 6.63. The van der Waals surface area contributed by atoms with Crippen LogP contribution in [-0.2, 0) is 0 Å². The molecule has 3 heteroatoms. The predicted octanol–water partition coefficient (Wildman–Crippen LogP) is 2.05. The van der Waals surface area contributed by atoms with Crippen LogP contribution in [-0.4, -0.2) is 35.2 Å². The van der Waals surface area contributed by atoms with Crippen LogP contribution in [0.25, 0.3) is 0 Å². The van der Waals surface area contributed by atoms with Crippen LogP contribution in [0, 0.1) is 0 Å². The summed E-state index contributed by atoms with van der Waals surface area (Å²) < 4.78 is 0. The van der Waals surface area contributed by atoms with Crippen LogP contribution in [0.2, 0.25) is 0 Å². The monoisotopic (exact) mass is 207 g/mol. The molecular formula is C10H22ClNO. The largest absolute Gasteiger partial charge is 0.392 e. The molecule has 0 aromatic carbocycles. The van der Waals surface area contributed by atoms with Gasteiger partial charge in [-0.2, -0.15) is 0 Å². The zero-order valence-corrected chi connectivity index (χ0v) is 9.52. The fraction of sp³-hybridized carbons (Fsp3) is 1.00. The highest BCUT2D eigenvalue weighted by Gasteiger charge is 2.17. The van der Waals surface area contributed by atoms with E-state index in [4.69, 9.17) is 0 Å². The first kappa shape index (κ1) is 13.2. The second-order valence-electron chi connectivity index (χ2n) is 4.04. The van der Waals surface area contributed by atoms with Crippen molar-refractivity contribution in [1.29, 1.82) is 0 Å². The van der Waals surface area contributed by atoms with Crippen LogP contribution >= 0.6 is 12.4 Å². The van der Waals surface area contributed by atoms with Crippen molar-refractivity contribution in [3.05, 3.63) is 0 Å². The van der Waals surface area contributed by atoms with E-state index in [9.17, 15) is 5.11 Å². The van der Waals surface area contributed by atoms with Crippen LogP contribution in [0.1, 0.15) is 39.5 Å².